The molecule has 2 rings (SSSR count). The summed E-state index contributed by atoms with van der Waals surface area (Å²) in [6.07, 6.45) is 0. The molecule has 21 heavy (non-hydrogen) atoms. The summed E-state index contributed by atoms with van der Waals surface area (Å²) < 4.78 is 31.2. The molecule has 0 aliphatic heterocycles. The molecule has 2 aromatic rings. The van der Waals surface area contributed by atoms with Gasteiger partial charge in [-0.1, -0.05) is 11.6 Å². The van der Waals surface area contributed by atoms with E-state index in [1.165, 1.54) is 24.3 Å². The zero-order valence-corrected chi connectivity index (χ0v) is 11.5. The van der Waals surface area contributed by atoms with Gasteiger partial charge in [0.15, 0.2) is 6.61 Å². The molecule has 7 heteroatoms. The van der Waals surface area contributed by atoms with Gasteiger partial charge in [-0.15, -0.1) is 0 Å². The summed E-state index contributed by atoms with van der Waals surface area (Å²) in [5.41, 5.74) is 5.92. The van der Waals surface area contributed by atoms with Gasteiger partial charge in [0.05, 0.1) is 16.4 Å². The molecule has 0 radical (unpaired) electrons. The van der Waals surface area contributed by atoms with Gasteiger partial charge in [-0.05, 0) is 30.3 Å². The van der Waals surface area contributed by atoms with E-state index in [9.17, 15) is 13.6 Å². The molecule has 0 atom stereocenters. The van der Waals surface area contributed by atoms with E-state index in [0.717, 1.165) is 12.1 Å². The SMILES string of the molecule is Nc1cc(F)ccc1NC(=O)COc1ccc(Cl)c(F)c1. The molecule has 110 valence electrons. The maximum absolute atomic E-state index is 13.2. The number of ether oxygens (including phenoxy) is 1. The summed E-state index contributed by atoms with van der Waals surface area (Å²) in [6.45, 7) is -0.349. The molecule has 0 fully saturated rings. The average Bonchev–Trinajstić information content (AvgIpc) is 2.43. The van der Waals surface area contributed by atoms with Crippen LogP contribution < -0.4 is 15.8 Å². The van der Waals surface area contributed by atoms with Crippen molar-refractivity contribution in [3.63, 3.8) is 0 Å². The molecule has 3 N–H and O–H groups in total. The number of carbonyl (C=O) groups excluding carboxylic acids is 1. The molecule has 0 saturated carbocycles. The standard InChI is InChI=1S/C14H11ClF2N2O2/c15-10-3-2-9(6-11(10)17)21-7-14(20)19-13-4-1-8(16)5-12(13)18/h1-6H,7,18H2,(H,19,20). The molecular weight excluding hydrogens is 302 g/mol. The minimum absolute atomic E-state index is 0.0362. The van der Waals surface area contributed by atoms with Crippen molar-refractivity contribution in [1.82, 2.24) is 0 Å². The van der Waals surface area contributed by atoms with Crippen LogP contribution >= 0.6 is 11.6 Å². The number of anilines is 2. The second kappa shape index (κ2) is 6.41. The van der Waals surface area contributed by atoms with E-state index >= 15 is 0 Å². The molecule has 2 aromatic carbocycles. The summed E-state index contributed by atoms with van der Waals surface area (Å²) in [4.78, 5) is 11.7. The molecular formula is C14H11ClF2N2O2. The lowest BCUT2D eigenvalue weighted by Crippen LogP contribution is -2.20. The summed E-state index contributed by atoms with van der Waals surface area (Å²) in [5, 5.41) is 2.42. The second-order valence-corrected chi connectivity index (χ2v) is 4.55. The van der Waals surface area contributed by atoms with Crippen molar-refractivity contribution in [3.05, 3.63) is 53.1 Å². The van der Waals surface area contributed by atoms with E-state index in [1.54, 1.807) is 0 Å². The number of rotatable bonds is 4. The van der Waals surface area contributed by atoms with Gasteiger partial charge < -0.3 is 15.8 Å². The Hall–Kier alpha value is -2.34. The van der Waals surface area contributed by atoms with E-state index in [1.807, 2.05) is 0 Å². The number of hydrogen-bond acceptors (Lipinski definition) is 3. The Morgan fingerprint density at radius 1 is 1.24 bits per heavy atom. The van der Waals surface area contributed by atoms with Crippen LogP contribution in [0.25, 0.3) is 0 Å². The van der Waals surface area contributed by atoms with Crippen LogP contribution in [-0.2, 0) is 4.79 Å². The number of amides is 1. The largest absolute Gasteiger partial charge is 0.484 e. The van der Waals surface area contributed by atoms with Crippen molar-refractivity contribution in [2.45, 2.75) is 0 Å². The van der Waals surface area contributed by atoms with Crippen molar-refractivity contribution in [2.75, 3.05) is 17.7 Å². The van der Waals surface area contributed by atoms with Gasteiger partial charge in [-0.25, -0.2) is 8.78 Å². The van der Waals surface area contributed by atoms with Crippen molar-refractivity contribution < 1.29 is 18.3 Å². The van der Waals surface area contributed by atoms with E-state index in [0.29, 0.717) is 0 Å². The number of benzene rings is 2. The van der Waals surface area contributed by atoms with E-state index < -0.39 is 17.5 Å². The molecule has 0 saturated heterocycles. The van der Waals surface area contributed by atoms with Crippen LogP contribution in [0.15, 0.2) is 36.4 Å². The molecule has 0 heterocycles. The lowest BCUT2D eigenvalue weighted by Gasteiger charge is -2.09. The number of nitrogen functional groups attached to an aromatic ring is 1. The predicted molar refractivity (Wildman–Crippen MR) is 76.3 cm³/mol. The molecule has 4 nitrogen and oxygen atoms in total. The maximum Gasteiger partial charge on any atom is 0.262 e. The summed E-state index contributed by atoms with van der Waals surface area (Å²) in [5.74, 6) is -1.49. The maximum atomic E-state index is 13.2. The van der Waals surface area contributed by atoms with Crippen LogP contribution in [0.2, 0.25) is 5.02 Å². The van der Waals surface area contributed by atoms with Gasteiger partial charge in [0.25, 0.3) is 5.91 Å². The Morgan fingerprint density at radius 3 is 2.67 bits per heavy atom. The van der Waals surface area contributed by atoms with Crippen molar-refractivity contribution >= 4 is 28.9 Å². The van der Waals surface area contributed by atoms with Crippen molar-refractivity contribution in [2.24, 2.45) is 0 Å². The van der Waals surface area contributed by atoms with Crippen LogP contribution in [0.5, 0.6) is 5.75 Å². The Labute approximate surface area is 124 Å². The van der Waals surface area contributed by atoms with Gasteiger partial charge in [0.1, 0.15) is 17.4 Å². The molecule has 1 amide bonds. The first-order chi connectivity index (χ1) is 9.95. The lowest BCUT2D eigenvalue weighted by molar-refractivity contribution is -0.118. The minimum atomic E-state index is -0.641. The fraction of sp³-hybridized carbons (Fsp3) is 0.0714. The number of halogens is 3. The summed E-state index contributed by atoms with van der Waals surface area (Å²) >= 11 is 5.53. The van der Waals surface area contributed by atoms with Gasteiger partial charge in [-0.3, -0.25) is 4.79 Å². The molecule has 0 aliphatic rings. The van der Waals surface area contributed by atoms with Crippen LogP contribution in [0.4, 0.5) is 20.2 Å². The average molecular weight is 313 g/mol. The number of nitrogens with one attached hydrogen (secondary N) is 1. The highest BCUT2D eigenvalue weighted by atomic mass is 35.5. The molecule has 0 aliphatic carbocycles. The van der Waals surface area contributed by atoms with Crippen LogP contribution in [-0.4, -0.2) is 12.5 Å². The topological polar surface area (TPSA) is 64.3 Å². The van der Waals surface area contributed by atoms with E-state index in [-0.39, 0.29) is 28.8 Å². The van der Waals surface area contributed by atoms with Gasteiger partial charge in [0, 0.05) is 6.07 Å². The molecule has 0 spiro atoms. The summed E-state index contributed by atoms with van der Waals surface area (Å²) in [7, 11) is 0. The molecule has 0 unspecified atom stereocenters. The van der Waals surface area contributed by atoms with Gasteiger partial charge >= 0.3 is 0 Å². The van der Waals surface area contributed by atoms with Crippen LogP contribution in [0.1, 0.15) is 0 Å². The van der Waals surface area contributed by atoms with E-state index in [2.05, 4.69) is 5.32 Å². The van der Waals surface area contributed by atoms with E-state index in [4.69, 9.17) is 22.1 Å². The first-order valence-electron chi connectivity index (χ1n) is 5.88. The second-order valence-electron chi connectivity index (χ2n) is 4.14. The zero-order valence-electron chi connectivity index (χ0n) is 10.7. The Balaban J connectivity index is 1.94. The zero-order chi connectivity index (χ0) is 15.4. The number of nitrogens with two attached hydrogens (primary N) is 1. The Bertz CT molecular complexity index is 680. The van der Waals surface area contributed by atoms with Crippen molar-refractivity contribution in [3.8, 4) is 5.75 Å². The lowest BCUT2D eigenvalue weighted by atomic mass is 10.2. The number of hydrogen-bond donors (Lipinski definition) is 2. The highest BCUT2D eigenvalue weighted by Gasteiger charge is 2.08. The first-order valence-corrected chi connectivity index (χ1v) is 6.26. The number of carbonyl (C=O) groups is 1. The molecule has 0 bridgehead atoms. The van der Waals surface area contributed by atoms with Crippen molar-refractivity contribution in [1.29, 1.82) is 0 Å². The minimum Gasteiger partial charge on any atom is -0.484 e. The van der Waals surface area contributed by atoms with Gasteiger partial charge in [-0.2, -0.15) is 0 Å². The highest BCUT2D eigenvalue weighted by molar-refractivity contribution is 6.30. The molecule has 0 aromatic heterocycles. The van der Waals surface area contributed by atoms with Crippen LogP contribution in [0, 0.1) is 11.6 Å². The summed E-state index contributed by atoms with van der Waals surface area (Å²) in [6, 6.07) is 7.42. The monoisotopic (exact) mass is 312 g/mol. The van der Waals surface area contributed by atoms with Crippen LogP contribution in [0.3, 0.4) is 0 Å². The third-order valence-electron chi connectivity index (χ3n) is 2.55. The normalized spacial score (nSPS) is 10.2. The van der Waals surface area contributed by atoms with Gasteiger partial charge in [0.2, 0.25) is 0 Å². The third-order valence-corrected chi connectivity index (χ3v) is 2.86. The predicted octanol–water partition coefficient (Wildman–Crippen LogP) is 3.22. The third kappa shape index (κ3) is 4.06. The highest BCUT2D eigenvalue weighted by Crippen LogP contribution is 2.21. The quantitative estimate of drug-likeness (QED) is 0.852. The smallest absolute Gasteiger partial charge is 0.262 e. The Morgan fingerprint density at radius 2 is 2.00 bits per heavy atom. The fourth-order valence-corrected chi connectivity index (χ4v) is 1.67. The first kappa shape index (κ1) is 15.1. The fourth-order valence-electron chi connectivity index (χ4n) is 1.55. The Kier molecular flexibility index (Phi) is 4.59.